The van der Waals surface area contributed by atoms with E-state index in [1.807, 2.05) is 42.5 Å². The summed E-state index contributed by atoms with van der Waals surface area (Å²) in [7, 11) is 0. The van der Waals surface area contributed by atoms with Gasteiger partial charge in [0, 0.05) is 36.0 Å². The Hall–Kier alpha value is -3.74. The van der Waals surface area contributed by atoms with Crippen molar-refractivity contribution in [2.45, 2.75) is 19.9 Å². The Labute approximate surface area is 169 Å². The molecular weight excluding hydrogens is 362 g/mol. The van der Waals surface area contributed by atoms with Crippen molar-refractivity contribution >= 4 is 11.5 Å². The minimum absolute atomic E-state index is 0.598. The molecule has 0 fully saturated rings. The highest BCUT2D eigenvalue weighted by atomic mass is 15.5. The van der Waals surface area contributed by atoms with Crippen LogP contribution in [0.5, 0.6) is 0 Å². The fourth-order valence-electron chi connectivity index (χ4n) is 3.37. The molecule has 29 heavy (non-hydrogen) atoms. The highest BCUT2D eigenvalue weighted by molar-refractivity contribution is 5.80. The van der Waals surface area contributed by atoms with Crippen molar-refractivity contribution in [3.05, 3.63) is 72.3 Å². The van der Waals surface area contributed by atoms with Gasteiger partial charge >= 0.3 is 0 Å². The van der Waals surface area contributed by atoms with Crippen molar-refractivity contribution in [2.24, 2.45) is 0 Å². The molecular formula is C22H23N7. The summed E-state index contributed by atoms with van der Waals surface area (Å²) in [6.45, 7) is 3.83. The molecule has 7 nitrogen and oxygen atoms in total. The molecule has 0 aliphatic rings. The first kappa shape index (κ1) is 18.6. The number of benzene rings is 2. The summed E-state index contributed by atoms with van der Waals surface area (Å²) < 4.78 is 0. The summed E-state index contributed by atoms with van der Waals surface area (Å²) in [5, 5.41) is 14.3. The van der Waals surface area contributed by atoms with E-state index in [0.717, 1.165) is 42.1 Å². The van der Waals surface area contributed by atoms with Gasteiger partial charge in [-0.15, -0.1) is 5.10 Å². The average Bonchev–Trinajstić information content (AvgIpc) is 3.28. The largest absolute Gasteiger partial charge is 0.399 e. The molecule has 0 amide bonds. The summed E-state index contributed by atoms with van der Waals surface area (Å²) in [5.41, 5.74) is 10.8. The second-order valence-corrected chi connectivity index (χ2v) is 6.85. The van der Waals surface area contributed by atoms with E-state index < -0.39 is 0 Å². The Kier molecular flexibility index (Phi) is 5.47. The lowest BCUT2D eigenvalue weighted by Crippen LogP contribution is -2.24. The number of aromatic amines is 1. The van der Waals surface area contributed by atoms with Crippen LogP contribution in [-0.4, -0.2) is 32.2 Å². The number of H-pyrrole nitrogens is 1. The third-order valence-corrected chi connectivity index (χ3v) is 4.67. The minimum atomic E-state index is 0.598. The molecule has 146 valence electrons. The first-order chi connectivity index (χ1) is 14.2. The van der Waals surface area contributed by atoms with E-state index in [9.17, 15) is 0 Å². The molecule has 0 atom stereocenters. The van der Waals surface area contributed by atoms with Crippen LogP contribution in [0.1, 0.15) is 18.9 Å². The van der Waals surface area contributed by atoms with Gasteiger partial charge in [0.05, 0.1) is 5.69 Å². The van der Waals surface area contributed by atoms with Gasteiger partial charge in [-0.05, 0) is 28.5 Å². The molecule has 2 aromatic carbocycles. The number of rotatable bonds is 7. The van der Waals surface area contributed by atoms with Gasteiger partial charge in [-0.1, -0.05) is 61.5 Å². The summed E-state index contributed by atoms with van der Waals surface area (Å²) in [6, 6.07) is 22.1. The maximum absolute atomic E-state index is 6.28. The van der Waals surface area contributed by atoms with E-state index in [2.05, 4.69) is 56.7 Å². The van der Waals surface area contributed by atoms with Crippen molar-refractivity contribution in [3.63, 3.8) is 0 Å². The Morgan fingerprint density at radius 1 is 0.966 bits per heavy atom. The Bertz CT molecular complexity index is 1060. The summed E-state index contributed by atoms with van der Waals surface area (Å²) in [5.74, 6) is 1.46. The lowest BCUT2D eigenvalue weighted by atomic mass is 10.0. The molecule has 0 unspecified atom stereocenters. The van der Waals surface area contributed by atoms with Gasteiger partial charge < -0.3 is 10.6 Å². The molecule has 0 radical (unpaired) electrons. The Morgan fingerprint density at radius 3 is 2.45 bits per heavy atom. The second kappa shape index (κ2) is 8.52. The lowest BCUT2D eigenvalue weighted by molar-refractivity contribution is 0.755. The molecule has 0 aliphatic heterocycles. The molecule has 0 saturated heterocycles. The molecule has 0 saturated carbocycles. The smallest absolute Gasteiger partial charge is 0.180 e. The predicted molar refractivity (Wildman–Crippen MR) is 115 cm³/mol. The quantitative estimate of drug-likeness (QED) is 0.500. The first-order valence-electron chi connectivity index (χ1n) is 9.64. The van der Waals surface area contributed by atoms with Gasteiger partial charge in [-0.25, -0.2) is 10.1 Å². The normalized spacial score (nSPS) is 10.8. The summed E-state index contributed by atoms with van der Waals surface area (Å²) in [4.78, 5) is 7.21. The zero-order valence-electron chi connectivity index (χ0n) is 16.3. The molecule has 7 heteroatoms. The number of hydrogen-bond donors (Lipinski definition) is 2. The number of nitrogens with two attached hydrogens (primary N) is 1. The van der Waals surface area contributed by atoms with Gasteiger partial charge in [0.15, 0.2) is 5.82 Å². The fraction of sp³-hybridized carbons (Fsp3) is 0.182. The molecule has 2 heterocycles. The summed E-state index contributed by atoms with van der Waals surface area (Å²) in [6.07, 6.45) is 1.01. The number of pyridine rings is 1. The van der Waals surface area contributed by atoms with Crippen molar-refractivity contribution in [1.29, 1.82) is 0 Å². The molecule has 4 rings (SSSR count). The van der Waals surface area contributed by atoms with Gasteiger partial charge in [0.1, 0.15) is 5.82 Å². The maximum Gasteiger partial charge on any atom is 0.180 e. The third-order valence-electron chi connectivity index (χ3n) is 4.67. The molecule has 0 spiro atoms. The second-order valence-electron chi connectivity index (χ2n) is 6.85. The van der Waals surface area contributed by atoms with E-state index in [0.29, 0.717) is 11.5 Å². The van der Waals surface area contributed by atoms with E-state index in [1.54, 1.807) is 0 Å². The topological polar surface area (TPSA) is 96.6 Å². The zero-order valence-corrected chi connectivity index (χ0v) is 16.3. The third kappa shape index (κ3) is 4.24. The van der Waals surface area contributed by atoms with Crippen LogP contribution in [0.2, 0.25) is 0 Å². The van der Waals surface area contributed by atoms with E-state index in [-0.39, 0.29) is 0 Å². The maximum atomic E-state index is 6.28. The summed E-state index contributed by atoms with van der Waals surface area (Å²) >= 11 is 0. The number of aromatic nitrogens is 5. The number of tetrazole rings is 1. The van der Waals surface area contributed by atoms with Crippen molar-refractivity contribution in [2.75, 3.05) is 17.2 Å². The first-order valence-corrected chi connectivity index (χ1v) is 9.64. The molecule has 3 N–H and O–H groups in total. The minimum Gasteiger partial charge on any atom is -0.399 e. The number of anilines is 2. The number of nitrogen functional groups attached to an aromatic ring is 1. The highest BCUT2D eigenvalue weighted by Crippen LogP contribution is 2.31. The predicted octanol–water partition coefficient (Wildman–Crippen LogP) is 3.93. The number of hydrogen-bond acceptors (Lipinski definition) is 6. The van der Waals surface area contributed by atoms with Gasteiger partial charge in [-0.3, -0.25) is 0 Å². The van der Waals surface area contributed by atoms with Gasteiger partial charge in [-0.2, -0.15) is 0 Å². The Morgan fingerprint density at radius 2 is 1.72 bits per heavy atom. The number of nitrogens with zero attached hydrogens (tertiary/aromatic N) is 5. The standard InChI is InChI=1S/C22H23N7/c1-2-12-29(15-16-8-4-3-5-9-16)21-14-17(23)13-20(24-21)18-10-6-7-11-19(18)22-25-27-28-26-22/h3-11,13-14H,2,12,15H2,1H3,(H2,23,24)(H,25,26,27,28). The van der Waals surface area contributed by atoms with E-state index in [1.165, 1.54) is 5.56 Å². The van der Waals surface area contributed by atoms with Crippen LogP contribution in [0.25, 0.3) is 22.6 Å². The highest BCUT2D eigenvalue weighted by Gasteiger charge is 2.15. The average molecular weight is 385 g/mol. The molecule has 0 bridgehead atoms. The Balaban J connectivity index is 1.75. The lowest BCUT2D eigenvalue weighted by Gasteiger charge is -2.24. The molecule has 4 aromatic rings. The zero-order chi connectivity index (χ0) is 20.1. The SMILES string of the molecule is CCCN(Cc1ccccc1)c1cc(N)cc(-c2ccccc2-c2nnn[nH]2)n1. The van der Waals surface area contributed by atoms with Crippen LogP contribution in [-0.2, 0) is 6.54 Å². The van der Waals surface area contributed by atoms with Crippen LogP contribution in [0, 0.1) is 0 Å². The van der Waals surface area contributed by atoms with Gasteiger partial charge in [0.25, 0.3) is 0 Å². The monoisotopic (exact) mass is 385 g/mol. The molecule has 2 aromatic heterocycles. The van der Waals surface area contributed by atoms with E-state index >= 15 is 0 Å². The van der Waals surface area contributed by atoms with Crippen molar-refractivity contribution in [3.8, 4) is 22.6 Å². The fourth-order valence-corrected chi connectivity index (χ4v) is 3.37. The molecule has 0 aliphatic carbocycles. The van der Waals surface area contributed by atoms with Crippen molar-refractivity contribution < 1.29 is 0 Å². The van der Waals surface area contributed by atoms with Gasteiger partial charge in [0.2, 0.25) is 0 Å². The number of nitrogens with one attached hydrogen (secondary N) is 1. The van der Waals surface area contributed by atoms with Crippen LogP contribution >= 0.6 is 0 Å². The van der Waals surface area contributed by atoms with Crippen LogP contribution in [0.3, 0.4) is 0 Å². The van der Waals surface area contributed by atoms with Crippen LogP contribution < -0.4 is 10.6 Å². The van der Waals surface area contributed by atoms with E-state index in [4.69, 9.17) is 10.7 Å². The van der Waals surface area contributed by atoms with Crippen molar-refractivity contribution in [1.82, 2.24) is 25.6 Å². The van der Waals surface area contributed by atoms with Crippen LogP contribution in [0.15, 0.2) is 66.7 Å². The van der Waals surface area contributed by atoms with Crippen LogP contribution in [0.4, 0.5) is 11.5 Å².